The largest absolute Gasteiger partial charge is 0.349 e. The molecule has 0 bridgehead atoms. The second-order valence-corrected chi connectivity index (χ2v) is 8.93. The second kappa shape index (κ2) is 7.75. The molecule has 5 heteroatoms. The zero-order valence-corrected chi connectivity index (χ0v) is 18.6. The van der Waals surface area contributed by atoms with Crippen LogP contribution in [0.1, 0.15) is 22.3 Å². The number of fused-ring (bicyclic) bond motifs is 3. The number of aromatic nitrogens is 3. The Balaban J connectivity index is 1.71. The highest BCUT2D eigenvalue weighted by molar-refractivity contribution is 7.98. The van der Waals surface area contributed by atoms with Gasteiger partial charge in [0, 0.05) is 16.7 Å². The molecule has 0 saturated carbocycles. The summed E-state index contributed by atoms with van der Waals surface area (Å²) in [6.45, 7) is 6.27. The van der Waals surface area contributed by atoms with E-state index < -0.39 is 0 Å². The van der Waals surface area contributed by atoms with Crippen molar-refractivity contribution in [2.24, 2.45) is 0 Å². The fourth-order valence-electron chi connectivity index (χ4n) is 3.86. The molecule has 1 N–H and O–H groups in total. The SMILES string of the molecule is Cc1ccc(-n2c(SCc3cc(C)ccc3C)nc3c([nH]c4ccccc43)c2=O)cc1. The number of benzene rings is 3. The van der Waals surface area contributed by atoms with E-state index in [1.54, 1.807) is 16.3 Å². The molecule has 0 spiro atoms. The highest BCUT2D eigenvalue weighted by Gasteiger charge is 2.17. The van der Waals surface area contributed by atoms with Gasteiger partial charge in [0.1, 0.15) is 11.0 Å². The number of H-pyrrole nitrogens is 1. The fraction of sp³-hybridized carbons (Fsp3) is 0.154. The number of aryl methyl sites for hydroxylation is 3. The molecule has 3 aromatic carbocycles. The molecule has 0 aliphatic carbocycles. The van der Waals surface area contributed by atoms with Crippen LogP contribution in [0.2, 0.25) is 0 Å². The van der Waals surface area contributed by atoms with Crippen molar-refractivity contribution in [2.75, 3.05) is 0 Å². The van der Waals surface area contributed by atoms with Crippen LogP contribution in [0.5, 0.6) is 0 Å². The maximum Gasteiger partial charge on any atom is 0.283 e. The van der Waals surface area contributed by atoms with Gasteiger partial charge in [0.2, 0.25) is 0 Å². The Morgan fingerprint density at radius 2 is 1.68 bits per heavy atom. The predicted octanol–water partition coefficient (Wildman–Crippen LogP) is 6.08. The topological polar surface area (TPSA) is 50.7 Å². The van der Waals surface area contributed by atoms with Crippen LogP contribution < -0.4 is 5.56 Å². The zero-order chi connectivity index (χ0) is 21.5. The summed E-state index contributed by atoms with van der Waals surface area (Å²) in [7, 11) is 0. The van der Waals surface area contributed by atoms with Crippen LogP contribution in [0, 0.1) is 20.8 Å². The minimum atomic E-state index is -0.0754. The van der Waals surface area contributed by atoms with Crippen molar-refractivity contribution in [3.8, 4) is 5.69 Å². The van der Waals surface area contributed by atoms with Gasteiger partial charge in [-0.25, -0.2) is 4.98 Å². The normalized spacial score (nSPS) is 11.5. The minimum absolute atomic E-state index is 0.0754. The van der Waals surface area contributed by atoms with Crippen LogP contribution in [0.3, 0.4) is 0 Å². The number of para-hydroxylation sites is 1. The van der Waals surface area contributed by atoms with Crippen LogP contribution in [-0.2, 0) is 5.75 Å². The zero-order valence-electron chi connectivity index (χ0n) is 17.8. The molecular formula is C26H23N3OS. The molecule has 2 heterocycles. The lowest BCUT2D eigenvalue weighted by molar-refractivity contribution is 0.818. The number of hydrogen-bond donors (Lipinski definition) is 1. The van der Waals surface area contributed by atoms with Crippen LogP contribution in [0.25, 0.3) is 27.6 Å². The third-order valence-electron chi connectivity index (χ3n) is 5.65. The Bertz CT molecular complexity index is 1480. The quantitative estimate of drug-likeness (QED) is 0.280. The summed E-state index contributed by atoms with van der Waals surface area (Å²) in [5.41, 5.74) is 7.84. The molecule has 0 amide bonds. The first-order valence-corrected chi connectivity index (χ1v) is 11.3. The summed E-state index contributed by atoms with van der Waals surface area (Å²) in [5.74, 6) is 0.750. The van der Waals surface area contributed by atoms with E-state index in [2.05, 4.69) is 37.0 Å². The van der Waals surface area contributed by atoms with Crippen molar-refractivity contribution >= 4 is 33.7 Å². The van der Waals surface area contributed by atoms with Gasteiger partial charge in [-0.3, -0.25) is 9.36 Å². The van der Waals surface area contributed by atoms with Crippen LogP contribution in [0.15, 0.2) is 76.7 Å². The fourth-order valence-corrected chi connectivity index (χ4v) is 4.93. The molecule has 4 nitrogen and oxygen atoms in total. The standard InChI is InChI=1S/C26H23N3OS/c1-16-9-12-20(13-10-16)29-25(30)24-23(21-6-4-5-7-22(21)27-24)28-26(29)31-15-19-14-17(2)8-11-18(19)3/h4-14,27H,15H2,1-3H3. The van der Waals surface area contributed by atoms with Crippen molar-refractivity contribution < 1.29 is 0 Å². The molecule has 5 rings (SSSR count). The van der Waals surface area contributed by atoms with Crippen molar-refractivity contribution in [1.29, 1.82) is 0 Å². The monoisotopic (exact) mass is 425 g/mol. The molecule has 154 valence electrons. The summed E-state index contributed by atoms with van der Waals surface area (Å²) < 4.78 is 1.73. The van der Waals surface area contributed by atoms with Crippen molar-refractivity contribution in [1.82, 2.24) is 14.5 Å². The third-order valence-corrected chi connectivity index (χ3v) is 6.64. The molecule has 0 atom stereocenters. The van der Waals surface area contributed by atoms with Gasteiger partial charge in [0.25, 0.3) is 5.56 Å². The molecule has 0 unspecified atom stereocenters. The van der Waals surface area contributed by atoms with E-state index in [0.717, 1.165) is 33.4 Å². The molecule has 31 heavy (non-hydrogen) atoms. The van der Waals surface area contributed by atoms with Gasteiger partial charge >= 0.3 is 0 Å². The summed E-state index contributed by atoms with van der Waals surface area (Å²) in [6, 6.07) is 22.4. The van der Waals surface area contributed by atoms with Gasteiger partial charge in [-0.05, 0) is 50.1 Å². The Morgan fingerprint density at radius 3 is 2.48 bits per heavy atom. The Hall–Kier alpha value is -3.31. The predicted molar refractivity (Wildman–Crippen MR) is 129 cm³/mol. The van der Waals surface area contributed by atoms with Crippen molar-refractivity contribution in [3.63, 3.8) is 0 Å². The Labute approximate surface area is 185 Å². The second-order valence-electron chi connectivity index (χ2n) is 7.98. The smallest absolute Gasteiger partial charge is 0.283 e. The number of nitrogens with zero attached hydrogens (tertiary/aromatic N) is 2. The van der Waals surface area contributed by atoms with E-state index in [1.165, 1.54) is 16.7 Å². The summed E-state index contributed by atoms with van der Waals surface area (Å²) >= 11 is 1.60. The van der Waals surface area contributed by atoms with Gasteiger partial charge in [-0.15, -0.1) is 0 Å². The van der Waals surface area contributed by atoms with E-state index >= 15 is 0 Å². The van der Waals surface area contributed by atoms with Crippen molar-refractivity contribution in [2.45, 2.75) is 31.7 Å². The highest BCUT2D eigenvalue weighted by atomic mass is 32.2. The van der Waals surface area contributed by atoms with Crippen LogP contribution in [0.4, 0.5) is 0 Å². The molecule has 0 aliphatic heterocycles. The lowest BCUT2D eigenvalue weighted by atomic mass is 10.1. The Kier molecular flexibility index (Phi) is 4.91. The summed E-state index contributed by atoms with van der Waals surface area (Å²) in [4.78, 5) is 21.9. The molecule has 0 radical (unpaired) electrons. The Morgan fingerprint density at radius 1 is 0.935 bits per heavy atom. The number of hydrogen-bond acceptors (Lipinski definition) is 3. The van der Waals surface area contributed by atoms with Gasteiger partial charge in [-0.2, -0.15) is 0 Å². The minimum Gasteiger partial charge on any atom is -0.349 e. The maximum atomic E-state index is 13.6. The van der Waals surface area contributed by atoms with Gasteiger partial charge in [-0.1, -0.05) is 71.4 Å². The molecule has 5 aromatic rings. The van der Waals surface area contributed by atoms with E-state index in [-0.39, 0.29) is 5.56 Å². The number of rotatable bonds is 4. The lowest BCUT2D eigenvalue weighted by Gasteiger charge is -2.13. The first-order chi connectivity index (χ1) is 15.0. The third kappa shape index (κ3) is 3.55. The van der Waals surface area contributed by atoms with Crippen LogP contribution >= 0.6 is 11.8 Å². The molecule has 2 aromatic heterocycles. The molecule has 0 saturated heterocycles. The van der Waals surface area contributed by atoms with Crippen molar-refractivity contribution in [3.05, 3.63) is 99.3 Å². The first-order valence-electron chi connectivity index (χ1n) is 10.3. The highest BCUT2D eigenvalue weighted by Crippen LogP contribution is 2.29. The maximum absolute atomic E-state index is 13.6. The number of thioether (sulfide) groups is 1. The molecular weight excluding hydrogens is 402 g/mol. The average Bonchev–Trinajstić information content (AvgIpc) is 3.14. The van der Waals surface area contributed by atoms with Crippen LogP contribution in [-0.4, -0.2) is 14.5 Å². The van der Waals surface area contributed by atoms with E-state index in [9.17, 15) is 4.79 Å². The first kappa shape index (κ1) is 19.6. The van der Waals surface area contributed by atoms with Gasteiger partial charge in [0.15, 0.2) is 5.16 Å². The van der Waals surface area contributed by atoms with E-state index in [1.807, 2.05) is 55.5 Å². The molecule has 0 aliphatic rings. The number of aromatic amines is 1. The summed E-state index contributed by atoms with van der Waals surface area (Å²) in [5, 5.41) is 1.67. The molecule has 0 fully saturated rings. The van der Waals surface area contributed by atoms with E-state index in [0.29, 0.717) is 10.7 Å². The van der Waals surface area contributed by atoms with Gasteiger partial charge in [0.05, 0.1) is 5.69 Å². The van der Waals surface area contributed by atoms with Gasteiger partial charge < -0.3 is 4.98 Å². The van der Waals surface area contributed by atoms with E-state index in [4.69, 9.17) is 4.98 Å². The lowest BCUT2D eigenvalue weighted by Crippen LogP contribution is -2.21. The summed E-state index contributed by atoms with van der Waals surface area (Å²) in [6.07, 6.45) is 0. The number of nitrogens with one attached hydrogen (secondary N) is 1. The average molecular weight is 426 g/mol.